The minimum atomic E-state index is -1.19. The van der Waals surface area contributed by atoms with Gasteiger partial charge < -0.3 is 5.11 Å². The molecule has 0 saturated carbocycles. The van der Waals surface area contributed by atoms with Gasteiger partial charge in [-0.25, -0.2) is 9.78 Å². The maximum Gasteiger partial charge on any atom is 0.327 e. The van der Waals surface area contributed by atoms with Crippen LogP contribution in [0.25, 0.3) is 27.9 Å². The number of carboxylic acids is 1. The molecule has 0 aliphatic carbocycles. The Morgan fingerprint density at radius 2 is 1.96 bits per heavy atom. The average molecular weight is 417 g/mol. The highest BCUT2D eigenvalue weighted by molar-refractivity contribution is 7.80. The fraction of sp³-hybridized carbons (Fsp3) is 0.176. The Morgan fingerprint density at radius 3 is 2.61 bits per heavy atom. The molecule has 1 N–H and O–H groups in total. The van der Waals surface area contributed by atoms with Crippen molar-refractivity contribution >= 4 is 47.0 Å². The molecule has 0 aliphatic heterocycles. The van der Waals surface area contributed by atoms with Gasteiger partial charge in [0.2, 0.25) is 0 Å². The fourth-order valence-electron chi connectivity index (χ4n) is 3.00. The molecule has 0 saturated heterocycles. The van der Waals surface area contributed by atoms with Gasteiger partial charge in [-0.15, -0.1) is 10.2 Å². The number of hydrogen-bond acceptors (Lipinski definition) is 7. The van der Waals surface area contributed by atoms with Crippen LogP contribution < -0.4 is 5.56 Å². The van der Waals surface area contributed by atoms with Gasteiger partial charge in [0.05, 0.1) is 11.3 Å². The van der Waals surface area contributed by atoms with Gasteiger partial charge in [0, 0.05) is 10.8 Å². The summed E-state index contributed by atoms with van der Waals surface area (Å²) in [5.74, 6) is -1.26. The third-order valence-corrected chi connectivity index (χ3v) is 4.96. The number of carbonyl (C=O) groups is 1. The van der Waals surface area contributed by atoms with Crippen LogP contribution in [-0.2, 0) is 4.79 Å². The first-order valence-electron chi connectivity index (χ1n) is 8.15. The quantitative estimate of drug-likeness (QED) is 0.489. The average Bonchev–Trinajstić information content (AvgIpc) is 3.01. The van der Waals surface area contributed by atoms with E-state index in [9.17, 15) is 14.7 Å². The number of aromatic nitrogens is 6. The number of aliphatic carboxylic acids is 1. The minimum absolute atomic E-state index is 0.0697. The summed E-state index contributed by atoms with van der Waals surface area (Å²) in [7, 11) is 0. The molecular weight excluding hydrogens is 404 g/mol. The second-order valence-electron chi connectivity index (χ2n) is 6.07. The lowest BCUT2D eigenvalue weighted by atomic mass is 10.1. The zero-order valence-electron chi connectivity index (χ0n) is 14.4. The van der Waals surface area contributed by atoms with Gasteiger partial charge in [0.1, 0.15) is 12.4 Å². The SMILES string of the molecule is Cc1nn2c(nnc3c(=O)n(C(CS)C(=O)O)cnc32)c1-c1ccc(Cl)cc1. The standard InChI is InChI=1S/C17H13ClN6O3S/c1-8-12(9-2-4-10(18)5-3-9)14-21-20-13-15(24(14)22-8)19-7-23(16(13)25)11(6-28)17(26)27/h2-5,7,11,28H,6H2,1H3,(H,26,27). The first-order valence-corrected chi connectivity index (χ1v) is 9.16. The fourth-order valence-corrected chi connectivity index (χ4v) is 3.46. The Labute approximate surface area is 168 Å². The van der Waals surface area contributed by atoms with Gasteiger partial charge in [-0.2, -0.15) is 22.2 Å². The largest absolute Gasteiger partial charge is 0.480 e. The van der Waals surface area contributed by atoms with Crippen LogP contribution in [0.1, 0.15) is 11.7 Å². The molecule has 0 fully saturated rings. The van der Waals surface area contributed by atoms with E-state index in [2.05, 4.69) is 32.9 Å². The highest BCUT2D eigenvalue weighted by Gasteiger charge is 2.23. The smallest absolute Gasteiger partial charge is 0.327 e. The molecule has 11 heteroatoms. The van der Waals surface area contributed by atoms with Crippen molar-refractivity contribution in [3.8, 4) is 11.1 Å². The van der Waals surface area contributed by atoms with Gasteiger partial charge >= 0.3 is 5.97 Å². The lowest BCUT2D eigenvalue weighted by molar-refractivity contribution is -0.140. The number of benzene rings is 1. The molecule has 3 aromatic heterocycles. The molecule has 0 amide bonds. The number of halogens is 1. The van der Waals surface area contributed by atoms with Crippen LogP contribution in [0.2, 0.25) is 5.02 Å². The molecule has 1 aromatic carbocycles. The van der Waals surface area contributed by atoms with Crippen molar-refractivity contribution in [3.63, 3.8) is 0 Å². The van der Waals surface area contributed by atoms with Crippen LogP contribution in [0.4, 0.5) is 0 Å². The lowest BCUT2D eigenvalue weighted by Crippen LogP contribution is -2.32. The second kappa shape index (κ2) is 6.88. The Morgan fingerprint density at radius 1 is 1.25 bits per heavy atom. The maximum absolute atomic E-state index is 12.7. The summed E-state index contributed by atoms with van der Waals surface area (Å²) in [6, 6.07) is 6.04. The Hall–Kier alpha value is -2.98. The third-order valence-electron chi connectivity index (χ3n) is 4.36. The molecule has 9 nitrogen and oxygen atoms in total. The van der Waals surface area contributed by atoms with Gasteiger partial charge in [-0.05, 0) is 24.6 Å². The molecule has 1 atom stereocenters. The molecule has 28 heavy (non-hydrogen) atoms. The van der Waals surface area contributed by atoms with Crippen molar-refractivity contribution in [1.29, 1.82) is 0 Å². The number of carboxylic acid groups (broad SMARTS) is 1. The Kier molecular flexibility index (Phi) is 4.52. The van der Waals surface area contributed by atoms with E-state index in [1.165, 1.54) is 10.8 Å². The van der Waals surface area contributed by atoms with E-state index < -0.39 is 17.6 Å². The van der Waals surface area contributed by atoms with Crippen LogP contribution in [0.3, 0.4) is 0 Å². The first-order chi connectivity index (χ1) is 13.4. The molecular formula is C17H13ClN6O3S. The normalized spacial score (nSPS) is 12.5. The van der Waals surface area contributed by atoms with E-state index in [0.29, 0.717) is 16.4 Å². The lowest BCUT2D eigenvalue weighted by Gasteiger charge is -2.12. The van der Waals surface area contributed by atoms with Crippen molar-refractivity contribution in [2.24, 2.45) is 0 Å². The van der Waals surface area contributed by atoms with Crippen LogP contribution in [-0.4, -0.2) is 46.2 Å². The molecule has 0 aliphatic rings. The highest BCUT2D eigenvalue weighted by Crippen LogP contribution is 2.28. The van der Waals surface area contributed by atoms with Gasteiger partial charge in [0.25, 0.3) is 5.56 Å². The van der Waals surface area contributed by atoms with E-state index in [1.54, 1.807) is 12.1 Å². The summed E-state index contributed by atoms with van der Waals surface area (Å²) >= 11 is 9.96. The number of aryl methyl sites for hydroxylation is 1. The summed E-state index contributed by atoms with van der Waals surface area (Å²) in [5.41, 5.74) is 2.19. The predicted octanol–water partition coefficient (Wildman–Crippen LogP) is 2.02. The number of rotatable bonds is 4. The van der Waals surface area contributed by atoms with Crippen molar-refractivity contribution in [2.75, 3.05) is 5.75 Å². The van der Waals surface area contributed by atoms with Gasteiger partial charge in [-0.3, -0.25) is 9.36 Å². The first kappa shape index (κ1) is 18.4. The predicted molar refractivity (Wildman–Crippen MR) is 106 cm³/mol. The Balaban J connectivity index is 1.98. The zero-order chi connectivity index (χ0) is 20.0. The minimum Gasteiger partial charge on any atom is -0.480 e. The van der Waals surface area contributed by atoms with E-state index in [-0.39, 0.29) is 16.9 Å². The zero-order valence-corrected chi connectivity index (χ0v) is 16.1. The molecule has 0 radical (unpaired) electrons. The van der Waals surface area contributed by atoms with Crippen LogP contribution in [0.5, 0.6) is 0 Å². The monoisotopic (exact) mass is 416 g/mol. The number of nitrogens with zero attached hydrogens (tertiary/aromatic N) is 6. The Bertz CT molecular complexity index is 1280. The summed E-state index contributed by atoms with van der Waals surface area (Å²) in [5, 5.41) is 22.5. The van der Waals surface area contributed by atoms with E-state index in [4.69, 9.17) is 11.6 Å². The summed E-state index contributed by atoms with van der Waals surface area (Å²) in [4.78, 5) is 28.3. The molecule has 4 rings (SSSR count). The van der Waals surface area contributed by atoms with E-state index in [1.807, 2.05) is 19.1 Å². The van der Waals surface area contributed by atoms with Crippen molar-refractivity contribution in [3.05, 3.63) is 51.7 Å². The molecule has 142 valence electrons. The van der Waals surface area contributed by atoms with E-state index >= 15 is 0 Å². The maximum atomic E-state index is 12.7. The number of thiol groups is 1. The molecule has 0 spiro atoms. The number of fused-ring (bicyclic) bond motifs is 3. The molecule has 4 aromatic rings. The van der Waals surface area contributed by atoms with Crippen LogP contribution in [0.15, 0.2) is 35.4 Å². The highest BCUT2D eigenvalue weighted by atomic mass is 35.5. The summed E-state index contributed by atoms with van der Waals surface area (Å²) in [6.07, 6.45) is 1.17. The van der Waals surface area contributed by atoms with Crippen LogP contribution >= 0.6 is 24.2 Å². The second-order valence-corrected chi connectivity index (χ2v) is 6.87. The summed E-state index contributed by atoms with van der Waals surface area (Å²) in [6.45, 7) is 1.81. The van der Waals surface area contributed by atoms with Gasteiger partial charge in [-0.1, -0.05) is 23.7 Å². The third kappa shape index (κ3) is 2.81. The molecule has 1 unspecified atom stereocenters. The van der Waals surface area contributed by atoms with Crippen molar-refractivity contribution in [1.82, 2.24) is 29.4 Å². The van der Waals surface area contributed by atoms with Crippen molar-refractivity contribution in [2.45, 2.75) is 13.0 Å². The van der Waals surface area contributed by atoms with Crippen molar-refractivity contribution < 1.29 is 9.90 Å². The molecule has 0 bridgehead atoms. The number of hydrogen-bond donors (Lipinski definition) is 2. The topological polar surface area (TPSA) is 115 Å². The molecule has 3 heterocycles. The summed E-state index contributed by atoms with van der Waals surface area (Å²) < 4.78 is 2.42. The van der Waals surface area contributed by atoms with Gasteiger partial charge in [0.15, 0.2) is 16.8 Å². The van der Waals surface area contributed by atoms with E-state index in [0.717, 1.165) is 15.7 Å². The van der Waals surface area contributed by atoms with Crippen LogP contribution in [0, 0.1) is 6.92 Å².